The van der Waals surface area contributed by atoms with E-state index in [9.17, 15) is 9.59 Å². The second-order valence-electron chi connectivity index (χ2n) is 6.90. The first-order valence-corrected chi connectivity index (χ1v) is 9.08. The van der Waals surface area contributed by atoms with E-state index in [1.54, 1.807) is 30.2 Å². The number of carbonyl (C=O) groups excluding carboxylic acids is 2. The molecule has 0 radical (unpaired) electrons. The van der Waals surface area contributed by atoms with Crippen LogP contribution in [-0.4, -0.2) is 36.9 Å². The van der Waals surface area contributed by atoms with E-state index in [-0.39, 0.29) is 17.7 Å². The third-order valence-electron chi connectivity index (χ3n) is 4.88. The smallest absolute Gasteiger partial charge is 0.253 e. The Kier molecular flexibility index (Phi) is 5.64. The maximum Gasteiger partial charge on any atom is 0.253 e. The highest BCUT2D eigenvalue weighted by molar-refractivity contribution is 5.96. The van der Waals surface area contributed by atoms with Crippen LogP contribution in [0.1, 0.15) is 28.8 Å². The summed E-state index contributed by atoms with van der Waals surface area (Å²) in [6, 6.07) is 12.7. The summed E-state index contributed by atoms with van der Waals surface area (Å²) >= 11 is 0. The first-order chi connectivity index (χ1) is 13.0. The van der Waals surface area contributed by atoms with Gasteiger partial charge in [-0.1, -0.05) is 17.7 Å². The molecule has 142 valence electrons. The van der Waals surface area contributed by atoms with Crippen LogP contribution in [0.2, 0.25) is 0 Å². The van der Waals surface area contributed by atoms with E-state index in [4.69, 9.17) is 10.5 Å². The Morgan fingerprint density at radius 2 is 1.93 bits per heavy atom. The van der Waals surface area contributed by atoms with Crippen molar-refractivity contribution in [1.82, 2.24) is 4.90 Å². The molecule has 2 aromatic carbocycles. The summed E-state index contributed by atoms with van der Waals surface area (Å²) in [5.74, 6) is 0.208. The van der Waals surface area contributed by atoms with Gasteiger partial charge in [-0.25, -0.2) is 0 Å². The highest BCUT2D eigenvalue weighted by Gasteiger charge is 2.29. The molecule has 1 heterocycles. The Bertz CT molecular complexity index is 833. The number of nitrogen functional groups attached to an aromatic ring is 1. The molecule has 0 saturated carbocycles. The van der Waals surface area contributed by atoms with Crippen LogP contribution in [-0.2, 0) is 4.79 Å². The lowest BCUT2D eigenvalue weighted by Crippen LogP contribution is -2.43. The summed E-state index contributed by atoms with van der Waals surface area (Å²) in [4.78, 5) is 27.1. The summed E-state index contributed by atoms with van der Waals surface area (Å²) in [6.45, 7) is 3.08. The second-order valence-corrected chi connectivity index (χ2v) is 6.90. The molecular formula is C21H25N3O3. The van der Waals surface area contributed by atoms with Crippen molar-refractivity contribution in [1.29, 1.82) is 0 Å². The molecule has 3 rings (SSSR count). The number of piperidine rings is 1. The zero-order valence-electron chi connectivity index (χ0n) is 15.7. The molecule has 1 unspecified atom stereocenters. The van der Waals surface area contributed by atoms with Crippen molar-refractivity contribution in [3.05, 3.63) is 53.6 Å². The van der Waals surface area contributed by atoms with Gasteiger partial charge in [0.15, 0.2) is 0 Å². The SMILES string of the molecule is COc1ccc(NC(=O)C2CCCN(C(=O)c3ccc(C)cc3)C2)cc1N. The van der Waals surface area contributed by atoms with E-state index in [0.29, 0.717) is 35.8 Å². The van der Waals surface area contributed by atoms with Gasteiger partial charge in [-0.05, 0) is 50.1 Å². The van der Waals surface area contributed by atoms with E-state index >= 15 is 0 Å². The average molecular weight is 367 g/mol. The van der Waals surface area contributed by atoms with E-state index in [1.807, 2.05) is 31.2 Å². The number of nitrogens with one attached hydrogen (secondary N) is 1. The highest BCUT2D eigenvalue weighted by atomic mass is 16.5. The lowest BCUT2D eigenvalue weighted by molar-refractivity contribution is -0.121. The van der Waals surface area contributed by atoms with Gasteiger partial charge in [0.05, 0.1) is 18.7 Å². The Morgan fingerprint density at radius 3 is 2.59 bits per heavy atom. The largest absolute Gasteiger partial charge is 0.495 e. The molecule has 3 N–H and O–H groups in total. The number of anilines is 2. The minimum absolute atomic E-state index is 0.0267. The quantitative estimate of drug-likeness (QED) is 0.814. The van der Waals surface area contributed by atoms with Gasteiger partial charge in [0.2, 0.25) is 5.91 Å². The van der Waals surface area contributed by atoms with E-state index < -0.39 is 0 Å². The molecule has 1 saturated heterocycles. The summed E-state index contributed by atoms with van der Waals surface area (Å²) in [6.07, 6.45) is 1.57. The van der Waals surface area contributed by atoms with Crippen LogP contribution in [0, 0.1) is 12.8 Å². The first kappa shape index (κ1) is 18.8. The molecule has 1 atom stereocenters. The number of nitrogens with two attached hydrogens (primary N) is 1. The molecule has 6 nitrogen and oxygen atoms in total. The number of likely N-dealkylation sites (tertiary alicyclic amines) is 1. The molecule has 2 amide bonds. The number of hydrogen-bond donors (Lipinski definition) is 2. The lowest BCUT2D eigenvalue weighted by atomic mass is 9.96. The van der Waals surface area contributed by atoms with Gasteiger partial charge in [0.25, 0.3) is 5.91 Å². The molecule has 6 heteroatoms. The van der Waals surface area contributed by atoms with Crippen molar-refractivity contribution in [2.75, 3.05) is 31.2 Å². The minimum atomic E-state index is -0.239. The third kappa shape index (κ3) is 4.39. The number of carbonyl (C=O) groups is 2. The Balaban J connectivity index is 1.64. The number of hydrogen-bond acceptors (Lipinski definition) is 4. The molecular weight excluding hydrogens is 342 g/mol. The predicted octanol–water partition coefficient (Wildman–Crippen LogP) is 3.08. The second kappa shape index (κ2) is 8.12. The van der Waals surface area contributed by atoms with Gasteiger partial charge in [0.1, 0.15) is 5.75 Å². The summed E-state index contributed by atoms with van der Waals surface area (Å²) in [5, 5.41) is 2.90. The van der Waals surface area contributed by atoms with Crippen LogP contribution in [0.5, 0.6) is 5.75 Å². The van der Waals surface area contributed by atoms with Crippen molar-refractivity contribution < 1.29 is 14.3 Å². The number of benzene rings is 2. The number of methoxy groups -OCH3 is 1. The van der Waals surface area contributed by atoms with Crippen LogP contribution in [0.4, 0.5) is 11.4 Å². The third-order valence-corrected chi connectivity index (χ3v) is 4.88. The van der Waals surface area contributed by atoms with E-state index in [2.05, 4.69) is 5.32 Å². The van der Waals surface area contributed by atoms with Crippen LogP contribution >= 0.6 is 0 Å². The van der Waals surface area contributed by atoms with Crippen molar-refractivity contribution in [3.63, 3.8) is 0 Å². The molecule has 1 aliphatic heterocycles. The highest BCUT2D eigenvalue weighted by Crippen LogP contribution is 2.26. The molecule has 0 bridgehead atoms. The Morgan fingerprint density at radius 1 is 1.19 bits per heavy atom. The van der Waals surface area contributed by atoms with Gasteiger partial charge in [0, 0.05) is 24.3 Å². The first-order valence-electron chi connectivity index (χ1n) is 9.08. The van der Waals surface area contributed by atoms with Crippen LogP contribution in [0.3, 0.4) is 0 Å². The van der Waals surface area contributed by atoms with Gasteiger partial charge >= 0.3 is 0 Å². The summed E-state index contributed by atoms with van der Waals surface area (Å²) in [5.41, 5.74) is 8.76. The fourth-order valence-electron chi connectivity index (χ4n) is 3.31. The van der Waals surface area contributed by atoms with Crippen molar-refractivity contribution >= 4 is 23.2 Å². The summed E-state index contributed by atoms with van der Waals surface area (Å²) < 4.78 is 5.13. The predicted molar refractivity (Wildman–Crippen MR) is 106 cm³/mol. The maximum atomic E-state index is 12.7. The molecule has 0 aromatic heterocycles. The zero-order valence-corrected chi connectivity index (χ0v) is 15.7. The van der Waals surface area contributed by atoms with Crippen molar-refractivity contribution in [2.24, 2.45) is 5.92 Å². The van der Waals surface area contributed by atoms with Gasteiger partial charge in [-0.15, -0.1) is 0 Å². The standard InChI is InChI=1S/C21H25N3O3/c1-14-5-7-15(8-6-14)21(26)24-11-3-4-16(13-24)20(25)23-17-9-10-19(27-2)18(22)12-17/h5-10,12,16H,3-4,11,13,22H2,1-2H3,(H,23,25). The van der Waals surface area contributed by atoms with Crippen molar-refractivity contribution in [2.45, 2.75) is 19.8 Å². The average Bonchev–Trinajstić information content (AvgIpc) is 2.68. The number of amides is 2. The molecule has 27 heavy (non-hydrogen) atoms. The van der Waals surface area contributed by atoms with Gasteiger partial charge in [-0.2, -0.15) is 0 Å². The monoisotopic (exact) mass is 367 g/mol. The van der Waals surface area contributed by atoms with Crippen LogP contribution in [0.25, 0.3) is 0 Å². The fourth-order valence-corrected chi connectivity index (χ4v) is 3.31. The van der Waals surface area contributed by atoms with E-state index in [0.717, 1.165) is 18.4 Å². The molecule has 0 aliphatic carbocycles. The maximum absolute atomic E-state index is 12.7. The van der Waals surface area contributed by atoms with E-state index in [1.165, 1.54) is 0 Å². The number of rotatable bonds is 4. The molecule has 2 aromatic rings. The topological polar surface area (TPSA) is 84.7 Å². The minimum Gasteiger partial charge on any atom is -0.495 e. The number of aryl methyl sites for hydroxylation is 1. The molecule has 1 aliphatic rings. The van der Waals surface area contributed by atoms with Crippen LogP contribution in [0.15, 0.2) is 42.5 Å². The normalized spacial score (nSPS) is 16.7. The lowest BCUT2D eigenvalue weighted by Gasteiger charge is -2.32. The van der Waals surface area contributed by atoms with Crippen molar-refractivity contribution in [3.8, 4) is 5.75 Å². The summed E-state index contributed by atoms with van der Waals surface area (Å²) in [7, 11) is 1.55. The Hall–Kier alpha value is -3.02. The zero-order chi connectivity index (χ0) is 19.4. The number of nitrogens with zero attached hydrogens (tertiary/aromatic N) is 1. The van der Waals surface area contributed by atoms with Gasteiger partial charge in [-0.3, -0.25) is 9.59 Å². The number of ether oxygens (including phenoxy) is 1. The molecule has 1 fully saturated rings. The molecule has 0 spiro atoms. The fraction of sp³-hybridized carbons (Fsp3) is 0.333. The van der Waals surface area contributed by atoms with Gasteiger partial charge < -0.3 is 20.7 Å². The Labute approximate surface area is 159 Å². The van der Waals surface area contributed by atoms with Crippen LogP contribution < -0.4 is 15.8 Å².